The summed E-state index contributed by atoms with van der Waals surface area (Å²) in [4.78, 5) is 12.6. The molecule has 46 heavy (non-hydrogen) atoms. The highest BCUT2D eigenvalue weighted by Crippen LogP contribution is 2.46. The largest absolute Gasteiger partial charge is 0.492 e. The highest BCUT2D eigenvalue weighted by atomic mass is 79.9. The number of rotatable bonds is 13. The van der Waals surface area contributed by atoms with E-state index in [4.69, 9.17) is 18.9 Å². The number of piperidine rings is 1. The molecule has 0 aromatic heterocycles. The number of sulfone groups is 1. The van der Waals surface area contributed by atoms with Gasteiger partial charge in [0, 0.05) is 24.0 Å². The number of halogens is 1. The van der Waals surface area contributed by atoms with Crippen molar-refractivity contribution in [2.45, 2.75) is 71.4 Å². The molecule has 3 fully saturated rings. The molecule has 2 aromatic rings. The van der Waals surface area contributed by atoms with E-state index in [0.29, 0.717) is 48.9 Å². The number of nitrogens with one attached hydrogen (secondary N) is 1. The molecule has 2 heterocycles. The van der Waals surface area contributed by atoms with Gasteiger partial charge in [-0.2, -0.15) is 4.31 Å². The summed E-state index contributed by atoms with van der Waals surface area (Å²) in [6.45, 7) is 1.94. The first-order chi connectivity index (χ1) is 21.8. The molecule has 1 spiro atoms. The second kappa shape index (κ2) is 13.9. The number of aliphatic hydroxyl groups excluding tert-OH is 2. The van der Waals surface area contributed by atoms with Crippen molar-refractivity contribution in [1.82, 2.24) is 9.62 Å². The number of aliphatic hydroxyl groups is 2. The van der Waals surface area contributed by atoms with Gasteiger partial charge in [0.15, 0.2) is 9.84 Å². The van der Waals surface area contributed by atoms with E-state index in [9.17, 15) is 31.8 Å². The fourth-order valence-electron chi connectivity index (χ4n) is 5.74. The van der Waals surface area contributed by atoms with E-state index < -0.39 is 55.1 Å². The van der Waals surface area contributed by atoms with Crippen molar-refractivity contribution in [1.29, 1.82) is 0 Å². The second-order valence-corrected chi connectivity index (χ2v) is 17.0. The van der Waals surface area contributed by atoms with Gasteiger partial charge in [0.1, 0.15) is 35.2 Å². The van der Waals surface area contributed by atoms with Gasteiger partial charge in [-0.3, -0.25) is 0 Å². The predicted molar refractivity (Wildman–Crippen MR) is 169 cm³/mol. The van der Waals surface area contributed by atoms with Crippen molar-refractivity contribution in [3.8, 4) is 11.5 Å². The Morgan fingerprint density at radius 1 is 1.11 bits per heavy atom. The van der Waals surface area contributed by atoms with Gasteiger partial charge in [-0.25, -0.2) is 21.6 Å². The smallest absolute Gasteiger partial charge is 0.407 e. The number of ether oxygens (including phenoxy) is 4. The van der Waals surface area contributed by atoms with E-state index in [1.807, 2.05) is 0 Å². The van der Waals surface area contributed by atoms with E-state index in [2.05, 4.69) is 21.2 Å². The zero-order chi connectivity index (χ0) is 33.2. The number of amides is 1. The number of hydrogen-bond donors (Lipinski definition) is 3. The van der Waals surface area contributed by atoms with Crippen LogP contribution in [-0.2, 0) is 29.3 Å². The first-order valence-corrected chi connectivity index (χ1v) is 18.8. The quantitative estimate of drug-likeness (QED) is 0.275. The molecule has 2 saturated heterocycles. The first kappa shape index (κ1) is 34.9. The molecule has 16 heteroatoms. The normalized spacial score (nSPS) is 21.4. The maximum atomic E-state index is 13.5. The number of carbonyl (C=O) groups is 1. The minimum Gasteiger partial charge on any atom is -0.492 e. The van der Waals surface area contributed by atoms with Crippen LogP contribution in [0.3, 0.4) is 0 Å². The molecule has 3 aliphatic rings. The van der Waals surface area contributed by atoms with Gasteiger partial charge in [0.05, 0.1) is 41.6 Å². The van der Waals surface area contributed by atoms with Gasteiger partial charge < -0.3 is 34.5 Å². The zero-order valence-electron chi connectivity index (χ0n) is 25.4. The summed E-state index contributed by atoms with van der Waals surface area (Å²) in [5.41, 5.74) is -0.608. The Bertz CT molecular complexity index is 1620. The van der Waals surface area contributed by atoms with E-state index in [-0.39, 0.29) is 48.4 Å². The van der Waals surface area contributed by atoms with Crippen LogP contribution in [-0.4, -0.2) is 106 Å². The summed E-state index contributed by atoms with van der Waals surface area (Å²) >= 11 is 3.34. The third kappa shape index (κ3) is 7.48. The molecule has 13 nitrogen and oxygen atoms in total. The Kier molecular flexibility index (Phi) is 10.6. The molecule has 254 valence electrons. The van der Waals surface area contributed by atoms with Gasteiger partial charge in [0.2, 0.25) is 10.0 Å². The van der Waals surface area contributed by atoms with Crippen LogP contribution < -0.4 is 14.8 Å². The van der Waals surface area contributed by atoms with Crippen LogP contribution in [0.1, 0.15) is 39.0 Å². The average Bonchev–Trinajstić information content (AvgIpc) is 3.77. The fraction of sp³-hybridized carbons (Fsp3) is 0.567. The van der Waals surface area contributed by atoms with Gasteiger partial charge in [-0.15, -0.1) is 0 Å². The van der Waals surface area contributed by atoms with E-state index in [1.165, 1.54) is 28.6 Å². The third-order valence-electron chi connectivity index (χ3n) is 8.61. The summed E-state index contributed by atoms with van der Waals surface area (Å²) in [7, 11) is -7.53. The molecular formula is C30H39BrN2O11S2. The first-order valence-electron chi connectivity index (χ1n) is 15.1. The van der Waals surface area contributed by atoms with Crippen molar-refractivity contribution in [3.05, 3.63) is 46.9 Å². The van der Waals surface area contributed by atoms with Crippen LogP contribution in [0.2, 0.25) is 0 Å². The van der Waals surface area contributed by atoms with E-state index >= 15 is 0 Å². The van der Waals surface area contributed by atoms with Gasteiger partial charge in [0.25, 0.3) is 0 Å². The minimum atomic E-state index is -3.81. The number of alkyl carbamates (subject to hydrolysis) is 1. The summed E-state index contributed by atoms with van der Waals surface area (Å²) in [6.07, 6.45) is -0.297. The van der Waals surface area contributed by atoms with Crippen molar-refractivity contribution in [2.75, 3.05) is 46.1 Å². The summed E-state index contributed by atoms with van der Waals surface area (Å²) in [5, 5.41) is 22.4. The van der Waals surface area contributed by atoms with Crippen molar-refractivity contribution < 1.29 is 50.8 Å². The van der Waals surface area contributed by atoms with Crippen LogP contribution in [0.15, 0.2) is 56.7 Å². The fourth-order valence-corrected chi connectivity index (χ4v) is 9.69. The summed E-state index contributed by atoms with van der Waals surface area (Å²) < 4.78 is 76.1. The monoisotopic (exact) mass is 746 g/mol. The van der Waals surface area contributed by atoms with E-state index in [0.717, 1.165) is 0 Å². The zero-order valence-corrected chi connectivity index (χ0v) is 28.6. The number of sulfonamides is 1. The number of hydrogen-bond acceptors (Lipinski definition) is 11. The molecule has 1 saturated carbocycles. The van der Waals surface area contributed by atoms with E-state index in [1.54, 1.807) is 25.1 Å². The van der Waals surface area contributed by atoms with Crippen LogP contribution in [0, 0.1) is 0 Å². The second-order valence-electron chi connectivity index (χ2n) is 11.8. The molecule has 0 bridgehead atoms. The Morgan fingerprint density at radius 3 is 2.52 bits per heavy atom. The predicted octanol–water partition coefficient (Wildman–Crippen LogP) is 2.62. The maximum absolute atomic E-state index is 13.5. The third-order valence-corrected chi connectivity index (χ3v) is 13.6. The lowest BCUT2D eigenvalue weighted by Gasteiger charge is -2.37. The van der Waals surface area contributed by atoms with Gasteiger partial charge in [-0.05, 0) is 69.0 Å². The SMILES string of the molecule is CCOc1ccc(Br)cc1S(=O)(=O)N1CCC2(CC1)C[C@H](OC(=O)NC[C@H](O)COc1cccc(S(=O)(=O)C3(CO)CC3)c1)CO2. The molecular weight excluding hydrogens is 708 g/mol. The Balaban J connectivity index is 1.06. The lowest BCUT2D eigenvalue weighted by molar-refractivity contribution is -0.0325. The average molecular weight is 748 g/mol. The maximum Gasteiger partial charge on any atom is 0.407 e. The summed E-state index contributed by atoms with van der Waals surface area (Å²) in [6, 6.07) is 10.8. The minimum absolute atomic E-state index is 0.0387. The number of benzene rings is 2. The molecule has 0 unspecified atom stereocenters. The lowest BCUT2D eigenvalue weighted by atomic mass is 9.89. The highest BCUT2D eigenvalue weighted by Gasteiger charge is 2.54. The van der Waals surface area contributed by atoms with Crippen molar-refractivity contribution in [3.63, 3.8) is 0 Å². The lowest BCUT2D eigenvalue weighted by Crippen LogP contribution is -2.46. The van der Waals surface area contributed by atoms with Crippen LogP contribution in [0.25, 0.3) is 0 Å². The molecule has 1 aliphatic carbocycles. The van der Waals surface area contributed by atoms with Crippen molar-refractivity contribution >= 4 is 41.9 Å². The molecule has 3 N–H and O–H groups in total. The molecule has 0 radical (unpaired) electrons. The van der Waals surface area contributed by atoms with Crippen molar-refractivity contribution in [2.24, 2.45) is 0 Å². The summed E-state index contributed by atoms with van der Waals surface area (Å²) in [5.74, 6) is 0.527. The number of nitrogens with zero attached hydrogens (tertiary/aromatic N) is 1. The Hall–Kier alpha value is -2.47. The molecule has 2 atom stereocenters. The molecule has 1 amide bonds. The van der Waals surface area contributed by atoms with Crippen LogP contribution in [0.4, 0.5) is 4.79 Å². The van der Waals surface area contributed by atoms with Gasteiger partial charge in [-0.1, -0.05) is 22.0 Å². The Morgan fingerprint density at radius 2 is 1.85 bits per heavy atom. The standard InChI is InChI=1S/C30H39BrN2O11S2/c1-2-41-26-7-6-21(31)14-27(26)46(39,40)33-12-10-29(11-13-33)16-24(19-43-29)44-28(36)32-17-22(35)18-42-23-4-3-5-25(15-23)45(37,38)30(20-34)8-9-30/h3-7,14-15,22,24,34-35H,2,8-13,16-20H2,1H3,(H,32,36)/t22-,24-/m0/s1. The number of carbonyl (C=O) groups excluding carboxylic acids is 1. The Labute approximate surface area is 277 Å². The molecule has 2 aromatic carbocycles. The van der Waals surface area contributed by atoms with Crippen LogP contribution >= 0.6 is 15.9 Å². The molecule has 5 rings (SSSR count). The highest BCUT2D eigenvalue weighted by molar-refractivity contribution is 9.10. The van der Waals surface area contributed by atoms with Gasteiger partial charge >= 0.3 is 6.09 Å². The molecule has 2 aliphatic heterocycles. The van der Waals surface area contributed by atoms with Crippen LogP contribution in [0.5, 0.6) is 11.5 Å². The topological polar surface area (TPSA) is 178 Å².